The molecule has 3 aromatic carbocycles. The van der Waals surface area contributed by atoms with Crippen LogP contribution in [0.3, 0.4) is 0 Å². The molecule has 8 nitrogen and oxygen atoms in total. The molecule has 0 fully saturated rings. The fourth-order valence-corrected chi connectivity index (χ4v) is 5.68. The van der Waals surface area contributed by atoms with Crippen molar-refractivity contribution in [3.63, 3.8) is 0 Å². The van der Waals surface area contributed by atoms with Crippen molar-refractivity contribution < 1.29 is 22.7 Å². The SMILES string of the molecule is CCC(C(=O)NC(C)(C)C)N(Cc1ccccc1)C(=O)CN(c1ccc(OC)cc1)S(=O)(=O)c1ccc(C)cc1. The van der Waals surface area contributed by atoms with E-state index in [1.54, 1.807) is 36.4 Å². The summed E-state index contributed by atoms with van der Waals surface area (Å²) in [6, 6.07) is 21.5. The van der Waals surface area contributed by atoms with Crippen LogP contribution in [0.5, 0.6) is 5.75 Å². The summed E-state index contributed by atoms with van der Waals surface area (Å²) < 4.78 is 34.2. The van der Waals surface area contributed by atoms with E-state index in [4.69, 9.17) is 4.74 Å². The van der Waals surface area contributed by atoms with Crippen LogP contribution < -0.4 is 14.4 Å². The van der Waals surface area contributed by atoms with E-state index >= 15 is 0 Å². The first-order chi connectivity index (χ1) is 18.9. The van der Waals surface area contributed by atoms with Gasteiger partial charge in [-0.1, -0.05) is 55.0 Å². The Morgan fingerprint density at radius 2 is 1.52 bits per heavy atom. The van der Waals surface area contributed by atoms with Gasteiger partial charge in [0.25, 0.3) is 10.0 Å². The molecule has 0 bridgehead atoms. The van der Waals surface area contributed by atoms with Crippen molar-refractivity contribution in [3.8, 4) is 5.75 Å². The number of rotatable bonds is 11. The summed E-state index contributed by atoms with van der Waals surface area (Å²) >= 11 is 0. The topological polar surface area (TPSA) is 96.0 Å². The fraction of sp³-hybridized carbons (Fsp3) is 0.355. The first-order valence-corrected chi connectivity index (χ1v) is 14.7. The number of aryl methyl sites for hydroxylation is 1. The highest BCUT2D eigenvalue weighted by Gasteiger charge is 2.34. The summed E-state index contributed by atoms with van der Waals surface area (Å²) in [5.74, 6) is -0.235. The van der Waals surface area contributed by atoms with Gasteiger partial charge in [-0.05, 0) is 76.1 Å². The van der Waals surface area contributed by atoms with E-state index in [1.807, 2.05) is 65.0 Å². The lowest BCUT2D eigenvalue weighted by molar-refractivity contribution is -0.141. The van der Waals surface area contributed by atoms with Gasteiger partial charge in [-0.2, -0.15) is 0 Å². The molecule has 0 aliphatic rings. The number of carbonyl (C=O) groups excluding carboxylic acids is 2. The van der Waals surface area contributed by atoms with Crippen LogP contribution in [0.15, 0.2) is 83.8 Å². The monoisotopic (exact) mass is 565 g/mol. The maximum atomic E-state index is 14.1. The Bertz CT molecular complexity index is 1380. The average molecular weight is 566 g/mol. The minimum absolute atomic E-state index is 0.0637. The van der Waals surface area contributed by atoms with Crippen LogP contribution in [0.4, 0.5) is 5.69 Å². The largest absolute Gasteiger partial charge is 0.497 e. The van der Waals surface area contributed by atoms with E-state index in [2.05, 4.69) is 5.32 Å². The van der Waals surface area contributed by atoms with Gasteiger partial charge in [0.2, 0.25) is 11.8 Å². The molecule has 2 amide bonds. The van der Waals surface area contributed by atoms with E-state index in [0.29, 0.717) is 17.9 Å². The van der Waals surface area contributed by atoms with Gasteiger partial charge >= 0.3 is 0 Å². The van der Waals surface area contributed by atoms with Gasteiger partial charge in [0, 0.05) is 12.1 Å². The van der Waals surface area contributed by atoms with Crippen molar-refractivity contribution >= 4 is 27.5 Å². The van der Waals surface area contributed by atoms with Crippen LogP contribution in [0.2, 0.25) is 0 Å². The van der Waals surface area contributed by atoms with E-state index in [-0.39, 0.29) is 17.3 Å². The number of methoxy groups -OCH3 is 1. The van der Waals surface area contributed by atoms with Crippen LogP contribution in [0.1, 0.15) is 45.2 Å². The molecule has 3 rings (SSSR count). The summed E-state index contributed by atoms with van der Waals surface area (Å²) in [5, 5.41) is 2.97. The second kappa shape index (κ2) is 13.0. The number of hydrogen-bond donors (Lipinski definition) is 1. The highest BCUT2D eigenvalue weighted by atomic mass is 32.2. The van der Waals surface area contributed by atoms with Crippen molar-refractivity contribution in [1.29, 1.82) is 0 Å². The molecule has 9 heteroatoms. The summed E-state index contributed by atoms with van der Waals surface area (Å²) in [5.41, 5.74) is 1.54. The summed E-state index contributed by atoms with van der Waals surface area (Å²) in [6.45, 7) is 8.99. The van der Waals surface area contributed by atoms with Gasteiger partial charge < -0.3 is 15.0 Å². The molecule has 0 spiro atoms. The van der Waals surface area contributed by atoms with Crippen LogP contribution >= 0.6 is 0 Å². The lowest BCUT2D eigenvalue weighted by atomic mass is 10.1. The van der Waals surface area contributed by atoms with Gasteiger partial charge in [0.05, 0.1) is 17.7 Å². The van der Waals surface area contributed by atoms with Crippen LogP contribution in [0.25, 0.3) is 0 Å². The smallest absolute Gasteiger partial charge is 0.264 e. The molecule has 1 atom stereocenters. The van der Waals surface area contributed by atoms with Gasteiger partial charge in [0.15, 0.2) is 0 Å². The van der Waals surface area contributed by atoms with Gasteiger partial charge in [-0.25, -0.2) is 8.42 Å². The van der Waals surface area contributed by atoms with Crippen LogP contribution in [0, 0.1) is 6.92 Å². The summed E-state index contributed by atoms with van der Waals surface area (Å²) in [4.78, 5) is 29.0. The van der Waals surface area contributed by atoms with E-state index in [9.17, 15) is 18.0 Å². The molecular formula is C31H39N3O5S. The Morgan fingerprint density at radius 1 is 0.925 bits per heavy atom. The van der Waals surface area contributed by atoms with E-state index < -0.39 is 34.1 Å². The zero-order chi connectivity index (χ0) is 29.5. The minimum atomic E-state index is -4.13. The number of ether oxygens (including phenoxy) is 1. The van der Waals surface area contributed by atoms with Crippen molar-refractivity contribution in [3.05, 3.63) is 90.0 Å². The molecule has 1 unspecified atom stereocenters. The Balaban J connectivity index is 2.06. The average Bonchev–Trinajstić information content (AvgIpc) is 2.91. The summed E-state index contributed by atoms with van der Waals surface area (Å²) in [6.07, 6.45) is 0.355. The highest BCUT2D eigenvalue weighted by Crippen LogP contribution is 2.27. The Labute approximate surface area is 238 Å². The molecule has 0 saturated heterocycles. The van der Waals surface area contributed by atoms with E-state index in [1.165, 1.54) is 24.1 Å². The maximum absolute atomic E-state index is 14.1. The summed E-state index contributed by atoms with van der Waals surface area (Å²) in [7, 11) is -2.61. The minimum Gasteiger partial charge on any atom is -0.497 e. The lowest BCUT2D eigenvalue weighted by Crippen LogP contribution is -2.55. The van der Waals surface area contributed by atoms with Gasteiger partial charge in [-0.15, -0.1) is 0 Å². The number of nitrogens with zero attached hydrogens (tertiary/aromatic N) is 2. The molecule has 40 heavy (non-hydrogen) atoms. The zero-order valence-corrected chi connectivity index (χ0v) is 24.9. The van der Waals surface area contributed by atoms with Crippen molar-refractivity contribution in [2.24, 2.45) is 0 Å². The normalized spacial score (nSPS) is 12.3. The fourth-order valence-electron chi connectivity index (χ4n) is 4.27. The highest BCUT2D eigenvalue weighted by molar-refractivity contribution is 7.92. The number of benzene rings is 3. The molecule has 0 saturated carbocycles. The number of sulfonamides is 1. The third-order valence-electron chi connectivity index (χ3n) is 6.33. The van der Waals surface area contributed by atoms with Gasteiger partial charge in [0.1, 0.15) is 18.3 Å². The third-order valence-corrected chi connectivity index (χ3v) is 8.12. The predicted octanol–water partition coefficient (Wildman–Crippen LogP) is 4.92. The predicted molar refractivity (Wildman–Crippen MR) is 158 cm³/mol. The number of amides is 2. The van der Waals surface area contributed by atoms with Crippen molar-refractivity contribution in [1.82, 2.24) is 10.2 Å². The number of anilines is 1. The quantitative estimate of drug-likeness (QED) is 0.356. The second-order valence-electron chi connectivity index (χ2n) is 10.7. The Morgan fingerprint density at radius 3 is 2.05 bits per heavy atom. The van der Waals surface area contributed by atoms with Crippen LogP contribution in [-0.2, 0) is 26.2 Å². The zero-order valence-electron chi connectivity index (χ0n) is 24.0. The lowest BCUT2D eigenvalue weighted by Gasteiger charge is -2.34. The molecule has 0 heterocycles. The standard InChI is InChI=1S/C31H39N3O5S/c1-7-28(30(36)32-31(3,4)5)33(21-24-11-9-8-10-12-24)29(35)22-34(25-15-17-26(39-6)18-16-25)40(37,38)27-19-13-23(2)14-20-27/h8-20,28H,7,21-22H2,1-6H3,(H,32,36). The molecule has 214 valence electrons. The molecule has 0 aliphatic carbocycles. The Kier molecular flexibility index (Phi) is 9.98. The molecule has 3 aromatic rings. The van der Waals surface area contributed by atoms with Gasteiger partial charge in [-0.3, -0.25) is 13.9 Å². The Hall–Kier alpha value is -3.85. The van der Waals surface area contributed by atoms with Crippen molar-refractivity contribution in [2.45, 2.75) is 64.1 Å². The molecule has 0 aliphatic heterocycles. The molecule has 1 N–H and O–H groups in total. The number of hydrogen-bond acceptors (Lipinski definition) is 5. The molecule has 0 radical (unpaired) electrons. The first-order valence-electron chi connectivity index (χ1n) is 13.2. The molecular weight excluding hydrogens is 526 g/mol. The van der Waals surface area contributed by atoms with Crippen molar-refractivity contribution in [2.75, 3.05) is 18.0 Å². The number of carbonyl (C=O) groups is 2. The van der Waals surface area contributed by atoms with E-state index in [0.717, 1.165) is 15.4 Å². The van der Waals surface area contributed by atoms with Crippen LogP contribution in [-0.4, -0.2) is 50.4 Å². The maximum Gasteiger partial charge on any atom is 0.264 e. The molecule has 0 aromatic heterocycles. The second-order valence-corrected chi connectivity index (χ2v) is 12.6. The third kappa shape index (κ3) is 7.85. The first kappa shape index (κ1) is 30.7. The number of nitrogens with one attached hydrogen (secondary N) is 1.